The van der Waals surface area contributed by atoms with Crippen molar-refractivity contribution in [3.05, 3.63) is 67.7 Å². The fraction of sp³-hybridized carbons (Fsp3) is 0.300. The number of carbonyl (C=O) groups excluding carboxylic acids is 1. The number of rotatable bonds is 5. The first-order chi connectivity index (χ1) is 11.3. The van der Waals surface area contributed by atoms with Crippen LogP contribution in [0.3, 0.4) is 0 Å². The Hall–Kier alpha value is -1.80. The minimum Gasteiger partial charge on any atom is -0.351 e. The standard InChI is InChI=1S/C10H12NO.C8H11O.C2H5.Ni/c1-7-5-4-6-8(2)10(7)11-9(3)12;1-5-6-8(4)9-7(2)3;1-2;/h4-6H,3H2,1-2H3,(H,11,12);1,4-7H,2-3H3;1H2,2H3;/q3*-1;/b;6-5-;;. The van der Waals surface area contributed by atoms with Gasteiger partial charge in [-0.2, -0.15) is 6.92 Å². The summed E-state index contributed by atoms with van der Waals surface area (Å²) in [5.41, 5.74) is 3.00. The number of aryl methyl sites for hydroxylation is 2. The van der Waals surface area contributed by atoms with E-state index in [-0.39, 0.29) is 12.0 Å². The van der Waals surface area contributed by atoms with Crippen LogP contribution in [0.25, 0.3) is 0 Å². The maximum atomic E-state index is 10.7. The van der Waals surface area contributed by atoms with Gasteiger partial charge in [0.1, 0.15) is 0 Å². The molecule has 1 N–H and O–H groups in total. The van der Waals surface area contributed by atoms with Crippen molar-refractivity contribution >= 4 is 16.6 Å². The van der Waals surface area contributed by atoms with Gasteiger partial charge in [0.2, 0.25) is 0 Å². The molecule has 0 aliphatic rings. The van der Waals surface area contributed by atoms with E-state index in [4.69, 9.17) is 11.3 Å². The number of amides is 1. The van der Waals surface area contributed by atoms with Crippen LogP contribution in [-0.2, 0) is 24.6 Å². The van der Waals surface area contributed by atoms with Gasteiger partial charge in [-0.05, 0) is 25.0 Å². The van der Waals surface area contributed by atoms with E-state index in [1.807, 2.05) is 45.9 Å². The van der Waals surface area contributed by atoms with Crippen LogP contribution in [-0.4, -0.2) is 17.0 Å². The van der Waals surface area contributed by atoms with E-state index in [2.05, 4.69) is 34.2 Å². The van der Waals surface area contributed by atoms with Gasteiger partial charge in [0.05, 0.1) is 5.91 Å². The maximum Gasteiger partial charge on any atom is 0.0841 e. The van der Waals surface area contributed by atoms with E-state index in [0.29, 0.717) is 5.76 Å². The SMILES string of the molecule is [CH-]=C(/C=C\[CH]=[Ni])OC(C)C.[CH2-]C.[CH2-]C(=O)Nc1c(C)cccc1C. The van der Waals surface area contributed by atoms with Gasteiger partial charge in [-0.3, -0.25) is 0 Å². The molecule has 0 spiro atoms. The molecule has 0 aromatic heterocycles. The van der Waals surface area contributed by atoms with Gasteiger partial charge in [0.15, 0.2) is 0 Å². The molecular weight excluding hydrogens is 345 g/mol. The number of hydrogen-bond donors (Lipinski definition) is 1. The summed E-state index contributed by atoms with van der Waals surface area (Å²) in [6, 6.07) is 5.87. The van der Waals surface area contributed by atoms with E-state index in [0.717, 1.165) is 16.8 Å². The molecule has 0 unspecified atom stereocenters. The normalized spacial score (nSPS) is 9.38. The Labute approximate surface area is 155 Å². The molecule has 1 rings (SSSR count). The van der Waals surface area contributed by atoms with Crippen molar-refractivity contribution in [3.63, 3.8) is 0 Å². The number of benzene rings is 1. The second-order valence-corrected chi connectivity index (χ2v) is 5.18. The van der Waals surface area contributed by atoms with Crippen LogP contribution in [0, 0.1) is 34.3 Å². The van der Waals surface area contributed by atoms with Gasteiger partial charge >= 0.3 is 69.2 Å². The first-order valence-electron chi connectivity index (χ1n) is 7.53. The number of anilines is 1. The summed E-state index contributed by atoms with van der Waals surface area (Å²) >= 11 is 4.29. The Bertz CT molecular complexity index is 528. The second kappa shape index (κ2) is 14.8. The van der Waals surface area contributed by atoms with Crippen LogP contribution in [0.5, 0.6) is 0 Å². The first kappa shape index (κ1) is 24.5. The van der Waals surface area contributed by atoms with E-state index in [1.54, 1.807) is 19.1 Å². The van der Waals surface area contributed by atoms with Gasteiger partial charge in [-0.1, -0.05) is 18.2 Å². The Morgan fingerprint density at radius 2 is 1.79 bits per heavy atom. The third kappa shape index (κ3) is 12.7. The molecule has 4 heteroatoms. The monoisotopic (exact) mass is 372 g/mol. The third-order valence-corrected chi connectivity index (χ3v) is 2.63. The van der Waals surface area contributed by atoms with Gasteiger partial charge < -0.3 is 24.0 Å². The summed E-state index contributed by atoms with van der Waals surface area (Å²) in [6.07, 6.45) is 3.44. The van der Waals surface area contributed by atoms with Crippen molar-refractivity contribution in [1.29, 1.82) is 0 Å². The first-order valence-corrected chi connectivity index (χ1v) is 8.10. The number of ether oxygens (including phenoxy) is 1. The van der Waals surface area contributed by atoms with Gasteiger partial charge in [0.25, 0.3) is 0 Å². The quantitative estimate of drug-likeness (QED) is 0.356. The average molecular weight is 373 g/mol. The number of para-hydroxylation sites is 1. The number of nitrogens with one attached hydrogen (secondary N) is 1. The summed E-state index contributed by atoms with van der Waals surface area (Å²) in [4.78, 5) is 12.2. The van der Waals surface area contributed by atoms with E-state index < -0.39 is 0 Å². The molecule has 24 heavy (non-hydrogen) atoms. The van der Waals surface area contributed by atoms with Crippen LogP contribution in [0.1, 0.15) is 31.9 Å². The molecule has 0 atom stereocenters. The predicted molar refractivity (Wildman–Crippen MR) is 100 cm³/mol. The molecule has 1 amide bonds. The van der Waals surface area contributed by atoms with Crippen molar-refractivity contribution in [1.82, 2.24) is 0 Å². The van der Waals surface area contributed by atoms with Crippen LogP contribution < -0.4 is 5.32 Å². The largest absolute Gasteiger partial charge is 0.351 e. The minimum atomic E-state index is -0.271. The maximum absolute atomic E-state index is 10.7. The molecule has 0 bridgehead atoms. The molecule has 0 saturated carbocycles. The van der Waals surface area contributed by atoms with Crippen molar-refractivity contribution in [2.45, 2.75) is 40.7 Å². The van der Waals surface area contributed by atoms with Crippen LogP contribution in [0.2, 0.25) is 0 Å². The second-order valence-electron chi connectivity index (χ2n) is 4.85. The number of hydrogen-bond acceptors (Lipinski definition) is 2. The molecule has 1 aromatic rings. The van der Waals surface area contributed by atoms with E-state index in [9.17, 15) is 4.79 Å². The molecule has 0 fully saturated rings. The van der Waals surface area contributed by atoms with Crippen molar-refractivity contribution in [2.75, 3.05) is 5.32 Å². The zero-order valence-electron chi connectivity index (χ0n) is 15.2. The number of carbonyl (C=O) groups is 1. The summed E-state index contributed by atoms with van der Waals surface area (Å²) < 4.78 is 5.10. The summed E-state index contributed by atoms with van der Waals surface area (Å²) in [5, 5.41) is 2.69. The Morgan fingerprint density at radius 3 is 2.17 bits per heavy atom. The van der Waals surface area contributed by atoms with Crippen molar-refractivity contribution in [2.24, 2.45) is 0 Å². The molecule has 0 saturated heterocycles. The molecule has 0 aliphatic heterocycles. The summed E-state index contributed by atoms with van der Waals surface area (Å²) in [7, 11) is 0. The van der Waals surface area contributed by atoms with E-state index >= 15 is 0 Å². The fourth-order valence-corrected chi connectivity index (χ4v) is 1.68. The summed E-state index contributed by atoms with van der Waals surface area (Å²) in [5.74, 6) is 0.135. The fourth-order valence-electron chi connectivity index (χ4n) is 1.59. The Morgan fingerprint density at radius 1 is 1.29 bits per heavy atom. The Kier molecular flexibility index (Phi) is 15.1. The summed E-state index contributed by atoms with van der Waals surface area (Å²) in [6.45, 7) is 21.4. The zero-order chi connectivity index (χ0) is 19.1. The van der Waals surface area contributed by atoms with Crippen molar-refractivity contribution in [3.8, 4) is 0 Å². The van der Waals surface area contributed by atoms with Gasteiger partial charge in [0, 0.05) is 5.69 Å². The molecule has 0 aliphatic carbocycles. The zero-order valence-corrected chi connectivity index (χ0v) is 16.2. The minimum absolute atomic E-state index is 0.124. The molecule has 138 valence electrons. The molecular formula is C20H28NNiO2-3. The third-order valence-electron chi connectivity index (χ3n) is 2.44. The van der Waals surface area contributed by atoms with Crippen LogP contribution >= 0.6 is 0 Å². The average Bonchev–Trinajstić information content (AvgIpc) is 2.51. The van der Waals surface area contributed by atoms with Crippen LogP contribution in [0.15, 0.2) is 36.1 Å². The smallest absolute Gasteiger partial charge is 0.0841 e. The molecule has 0 heterocycles. The molecule has 0 radical (unpaired) electrons. The molecule has 3 nitrogen and oxygen atoms in total. The topological polar surface area (TPSA) is 38.3 Å². The van der Waals surface area contributed by atoms with Gasteiger partial charge in [-0.25, -0.2) is 0 Å². The predicted octanol–water partition coefficient (Wildman–Crippen LogP) is 4.55. The molecule has 1 aromatic carbocycles. The van der Waals surface area contributed by atoms with Crippen molar-refractivity contribution < 1.29 is 24.6 Å². The van der Waals surface area contributed by atoms with Crippen LogP contribution in [0.4, 0.5) is 5.69 Å². The van der Waals surface area contributed by atoms with E-state index in [1.165, 1.54) is 4.99 Å². The Balaban J connectivity index is 0. The van der Waals surface area contributed by atoms with Gasteiger partial charge in [-0.15, -0.1) is 0 Å². The number of allylic oxidation sites excluding steroid dienone is 2.